The van der Waals surface area contributed by atoms with Crippen molar-refractivity contribution < 1.29 is 4.39 Å². The van der Waals surface area contributed by atoms with Crippen LogP contribution in [0.3, 0.4) is 0 Å². The summed E-state index contributed by atoms with van der Waals surface area (Å²) in [7, 11) is 0. The predicted octanol–water partition coefficient (Wildman–Crippen LogP) is 2.42. The number of rotatable bonds is 2. The maximum atomic E-state index is 13.1. The minimum Gasteiger partial charge on any atom is -0.384 e. The molecule has 3 N–H and O–H groups in total. The molecular formula is C12H9FN4. The Balaban J connectivity index is 2.25. The van der Waals surface area contributed by atoms with E-state index in [1.54, 1.807) is 30.5 Å². The minimum absolute atomic E-state index is 0.00148. The topological polar surface area (TPSA) is 74.7 Å². The zero-order valence-electron chi connectivity index (χ0n) is 8.81. The van der Waals surface area contributed by atoms with Gasteiger partial charge < -0.3 is 11.1 Å². The molecule has 1 aromatic heterocycles. The molecule has 1 heterocycles. The molecule has 0 saturated heterocycles. The predicted molar refractivity (Wildman–Crippen MR) is 63.0 cm³/mol. The molecule has 17 heavy (non-hydrogen) atoms. The molecule has 84 valence electrons. The lowest BCUT2D eigenvalue weighted by molar-refractivity contribution is 0.624. The maximum absolute atomic E-state index is 13.1. The quantitative estimate of drug-likeness (QED) is 0.827. The first kappa shape index (κ1) is 10.9. The summed E-state index contributed by atoms with van der Waals surface area (Å²) in [6, 6.07) is 9.40. The molecule has 1 aromatic carbocycles. The monoisotopic (exact) mass is 228 g/mol. The van der Waals surface area contributed by atoms with E-state index in [-0.39, 0.29) is 5.56 Å². The summed E-state index contributed by atoms with van der Waals surface area (Å²) in [6.07, 6.45) is 1.56. The van der Waals surface area contributed by atoms with E-state index in [1.807, 2.05) is 0 Å². The lowest BCUT2D eigenvalue weighted by Crippen LogP contribution is -1.95. The van der Waals surface area contributed by atoms with Crippen LogP contribution in [0.25, 0.3) is 0 Å². The van der Waals surface area contributed by atoms with Crippen LogP contribution in [0.1, 0.15) is 5.56 Å². The summed E-state index contributed by atoms with van der Waals surface area (Å²) >= 11 is 0. The smallest absolute Gasteiger partial charge is 0.141 e. The third-order valence-corrected chi connectivity index (χ3v) is 2.16. The van der Waals surface area contributed by atoms with Crippen LogP contribution in [-0.4, -0.2) is 4.98 Å². The van der Waals surface area contributed by atoms with Crippen molar-refractivity contribution in [1.29, 1.82) is 5.26 Å². The van der Waals surface area contributed by atoms with Crippen molar-refractivity contribution in [3.8, 4) is 6.07 Å². The summed E-state index contributed by atoms with van der Waals surface area (Å²) < 4.78 is 13.1. The van der Waals surface area contributed by atoms with Gasteiger partial charge in [-0.25, -0.2) is 9.37 Å². The Morgan fingerprint density at radius 3 is 2.65 bits per heavy atom. The molecule has 0 unspecified atom stereocenters. The number of halogens is 1. The van der Waals surface area contributed by atoms with Crippen molar-refractivity contribution in [2.24, 2.45) is 0 Å². The van der Waals surface area contributed by atoms with E-state index >= 15 is 0 Å². The van der Waals surface area contributed by atoms with Crippen LogP contribution in [0.15, 0.2) is 36.5 Å². The molecule has 5 heteroatoms. The largest absolute Gasteiger partial charge is 0.384 e. The van der Waals surface area contributed by atoms with Gasteiger partial charge in [-0.3, -0.25) is 0 Å². The Bertz CT molecular complexity index is 572. The van der Waals surface area contributed by atoms with E-state index in [9.17, 15) is 4.39 Å². The van der Waals surface area contributed by atoms with Crippen molar-refractivity contribution in [3.63, 3.8) is 0 Å². The molecule has 0 spiro atoms. The highest BCUT2D eigenvalue weighted by Gasteiger charge is 2.02. The minimum atomic E-state index is -0.534. The Hall–Kier alpha value is -2.61. The van der Waals surface area contributed by atoms with E-state index < -0.39 is 5.82 Å². The van der Waals surface area contributed by atoms with Crippen molar-refractivity contribution in [2.75, 3.05) is 11.1 Å². The molecule has 0 atom stereocenters. The molecule has 0 aliphatic rings. The third-order valence-electron chi connectivity index (χ3n) is 2.16. The van der Waals surface area contributed by atoms with Crippen molar-refractivity contribution >= 4 is 17.2 Å². The van der Waals surface area contributed by atoms with Crippen LogP contribution in [0.5, 0.6) is 0 Å². The molecule has 0 aliphatic heterocycles. The van der Waals surface area contributed by atoms with Gasteiger partial charge in [0.15, 0.2) is 0 Å². The molecule has 0 fully saturated rings. The van der Waals surface area contributed by atoms with Gasteiger partial charge in [-0.1, -0.05) is 0 Å². The number of nitriles is 1. The van der Waals surface area contributed by atoms with E-state index in [0.717, 1.165) is 5.69 Å². The van der Waals surface area contributed by atoms with Gasteiger partial charge in [-0.05, 0) is 30.3 Å². The second kappa shape index (κ2) is 4.49. The molecular weight excluding hydrogens is 219 g/mol. The lowest BCUT2D eigenvalue weighted by Gasteiger charge is -2.06. The van der Waals surface area contributed by atoms with Crippen LogP contribution in [0.2, 0.25) is 0 Å². The summed E-state index contributed by atoms with van der Waals surface area (Å²) in [5.41, 5.74) is 6.79. The van der Waals surface area contributed by atoms with Crippen molar-refractivity contribution in [3.05, 3.63) is 47.9 Å². The van der Waals surface area contributed by atoms with Gasteiger partial charge in [0.1, 0.15) is 17.7 Å². The number of hydrogen-bond acceptors (Lipinski definition) is 4. The molecule has 0 saturated carbocycles. The number of benzene rings is 1. The Kier molecular flexibility index (Phi) is 2.88. The third kappa shape index (κ3) is 2.49. The molecule has 0 radical (unpaired) electrons. The van der Waals surface area contributed by atoms with Crippen molar-refractivity contribution in [2.45, 2.75) is 0 Å². The number of nitrogens with zero attached hydrogens (tertiary/aromatic N) is 2. The molecule has 0 bridgehead atoms. The Morgan fingerprint density at radius 1 is 1.24 bits per heavy atom. The zero-order chi connectivity index (χ0) is 12.3. The first-order valence-corrected chi connectivity index (χ1v) is 4.87. The SMILES string of the molecule is N#Cc1cc(Nc2ccc(N)nc2)ccc1F. The Labute approximate surface area is 97.5 Å². The zero-order valence-corrected chi connectivity index (χ0v) is 8.81. The fourth-order valence-electron chi connectivity index (χ4n) is 1.33. The van der Waals surface area contributed by atoms with Gasteiger partial charge in [-0.2, -0.15) is 5.26 Å². The molecule has 2 aromatic rings. The van der Waals surface area contributed by atoms with Gasteiger partial charge in [0.25, 0.3) is 0 Å². The van der Waals surface area contributed by atoms with Crippen LogP contribution >= 0.6 is 0 Å². The first-order chi connectivity index (χ1) is 8.19. The first-order valence-electron chi connectivity index (χ1n) is 4.87. The molecule has 0 aliphatic carbocycles. The number of nitrogen functional groups attached to an aromatic ring is 1. The van der Waals surface area contributed by atoms with E-state index in [2.05, 4.69) is 10.3 Å². The average Bonchev–Trinajstić information content (AvgIpc) is 2.34. The van der Waals surface area contributed by atoms with Gasteiger partial charge in [0, 0.05) is 5.69 Å². The van der Waals surface area contributed by atoms with Crippen LogP contribution < -0.4 is 11.1 Å². The molecule has 2 rings (SSSR count). The number of anilines is 3. The number of pyridine rings is 1. The standard InChI is InChI=1S/C12H9FN4/c13-11-3-1-9(5-8(11)6-14)17-10-2-4-12(15)16-7-10/h1-5,7,17H,(H2,15,16). The second-order valence-corrected chi connectivity index (χ2v) is 3.40. The van der Waals surface area contributed by atoms with Gasteiger partial charge in [0.2, 0.25) is 0 Å². The number of nitrogens with two attached hydrogens (primary N) is 1. The van der Waals surface area contributed by atoms with Crippen molar-refractivity contribution in [1.82, 2.24) is 4.98 Å². The van der Waals surface area contributed by atoms with E-state index in [4.69, 9.17) is 11.0 Å². The van der Waals surface area contributed by atoms with Gasteiger partial charge >= 0.3 is 0 Å². The highest BCUT2D eigenvalue weighted by atomic mass is 19.1. The van der Waals surface area contributed by atoms with Gasteiger partial charge in [0.05, 0.1) is 17.4 Å². The maximum Gasteiger partial charge on any atom is 0.141 e. The average molecular weight is 228 g/mol. The van der Waals surface area contributed by atoms with Crippen LogP contribution in [-0.2, 0) is 0 Å². The summed E-state index contributed by atoms with van der Waals surface area (Å²) in [5, 5.41) is 11.7. The van der Waals surface area contributed by atoms with Crippen LogP contribution in [0, 0.1) is 17.1 Å². The van der Waals surface area contributed by atoms with E-state index in [0.29, 0.717) is 11.5 Å². The highest BCUT2D eigenvalue weighted by Crippen LogP contribution is 2.19. The normalized spacial score (nSPS) is 9.65. The number of hydrogen-bond donors (Lipinski definition) is 2. The second-order valence-electron chi connectivity index (χ2n) is 3.40. The summed E-state index contributed by atoms with van der Waals surface area (Å²) in [6.45, 7) is 0. The van der Waals surface area contributed by atoms with Gasteiger partial charge in [-0.15, -0.1) is 0 Å². The van der Waals surface area contributed by atoms with E-state index in [1.165, 1.54) is 12.1 Å². The Morgan fingerprint density at radius 2 is 2.00 bits per heavy atom. The van der Waals surface area contributed by atoms with Crippen LogP contribution in [0.4, 0.5) is 21.6 Å². The summed E-state index contributed by atoms with van der Waals surface area (Å²) in [5.74, 6) is -0.110. The number of aromatic nitrogens is 1. The summed E-state index contributed by atoms with van der Waals surface area (Å²) in [4.78, 5) is 3.91. The fourth-order valence-corrected chi connectivity index (χ4v) is 1.33. The molecule has 0 amide bonds. The molecule has 4 nitrogen and oxygen atoms in total. The fraction of sp³-hybridized carbons (Fsp3) is 0. The lowest BCUT2D eigenvalue weighted by atomic mass is 10.2. The number of nitrogens with one attached hydrogen (secondary N) is 1. The highest BCUT2D eigenvalue weighted by molar-refractivity contribution is 5.61.